The number of hydrogen-bond donors (Lipinski definition) is 0. The number of sulfonamides is 1. The average Bonchev–Trinajstić information content (AvgIpc) is 3.12. The number of carbonyl (C=O) groups is 1. The summed E-state index contributed by atoms with van der Waals surface area (Å²) < 4.78 is 67.0. The molecule has 0 aliphatic carbocycles. The number of hydrogen-bond acceptors (Lipinski definition) is 4. The molecule has 2 aromatic rings. The molecule has 11 heteroatoms. The Labute approximate surface area is 185 Å². The lowest BCUT2D eigenvalue weighted by molar-refractivity contribution is -0.141. The van der Waals surface area contributed by atoms with Gasteiger partial charge in [0.15, 0.2) is 0 Å². The van der Waals surface area contributed by atoms with Crippen LogP contribution in [0.5, 0.6) is 0 Å². The highest BCUT2D eigenvalue weighted by Crippen LogP contribution is 2.27. The van der Waals surface area contributed by atoms with Gasteiger partial charge in [-0.25, -0.2) is 13.4 Å². The second-order valence-corrected chi connectivity index (χ2v) is 10.1. The van der Waals surface area contributed by atoms with Gasteiger partial charge in [-0.3, -0.25) is 4.79 Å². The number of rotatable bonds is 6. The van der Waals surface area contributed by atoms with Crippen LogP contribution in [0.25, 0.3) is 0 Å². The van der Waals surface area contributed by atoms with Crippen molar-refractivity contribution in [2.75, 3.05) is 13.6 Å². The third-order valence-electron chi connectivity index (χ3n) is 5.66. The zero-order valence-electron chi connectivity index (χ0n) is 18.3. The first kappa shape index (κ1) is 24.2. The Morgan fingerprint density at radius 1 is 1.28 bits per heavy atom. The largest absolute Gasteiger partial charge is 0.406 e. The molecule has 1 fully saturated rings. The molecule has 176 valence electrons. The molecule has 0 N–H and O–H groups in total. The van der Waals surface area contributed by atoms with E-state index in [1.54, 1.807) is 13.0 Å². The molecule has 1 aliphatic heterocycles. The number of alkyl halides is 3. The number of aryl methyl sites for hydroxylation is 1. The van der Waals surface area contributed by atoms with Crippen LogP contribution in [0.1, 0.15) is 47.9 Å². The van der Waals surface area contributed by atoms with Crippen molar-refractivity contribution in [3.8, 4) is 0 Å². The first-order valence-corrected chi connectivity index (χ1v) is 11.8. The quantitative estimate of drug-likeness (QED) is 0.644. The molecule has 1 unspecified atom stereocenters. The van der Waals surface area contributed by atoms with Gasteiger partial charge in [0.05, 0.1) is 11.4 Å². The Morgan fingerprint density at radius 2 is 2.00 bits per heavy atom. The third kappa shape index (κ3) is 5.32. The van der Waals surface area contributed by atoms with E-state index in [0.29, 0.717) is 12.1 Å². The number of amides is 1. The minimum absolute atomic E-state index is 0.0344. The second-order valence-electron chi connectivity index (χ2n) is 8.19. The van der Waals surface area contributed by atoms with E-state index in [0.717, 1.165) is 23.8 Å². The number of nitrogens with zero attached hydrogens (tertiary/aromatic N) is 4. The van der Waals surface area contributed by atoms with Gasteiger partial charge in [-0.15, -0.1) is 0 Å². The van der Waals surface area contributed by atoms with Crippen LogP contribution in [-0.2, 0) is 23.1 Å². The zero-order chi connectivity index (χ0) is 23.7. The van der Waals surface area contributed by atoms with E-state index in [1.165, 1.54) is 40.8 Å². The number of carbonyl (C=O) groups excluding carboxylic acids is 1. The summed E-state index contributed by atoms with van der Waals surface area (Å²) in [5.41, 5.74) is 0.762. The molecule has 3 rings (SSSR count). The normalized spacial score (nSPS) is 18.0. The van der Waals surface area contributed by atoms with Crippen LogP contribution < -0.4 is 0 Å². The fraction of sp³-hybridized carbons (Fsp3) is 0.524. The van der Waals surface area contributed by atoms with E-state index in [1.807, 2.05) is 6.92 Å². The van der Waals surface area contributed by atoms with E-state index in [4.69, 9.17) is 0 Å². The van der Waals surface area contributed by atoms with Crippen molar-refractivity contribution in [1.82, 2.24) is 18.8 Å². The van der Waals surface area contributed by atoms with Gasteiger partial charge in [0, 0.05) is 37.6 Å². The number of piperidine rings is 1. The first-order valence-electron chi connectivity index (χ1n) is 10.3. The summed E-state index contributed by atoms with van der Waals surface area (Å²) in [6.45, 7) is 2.63. The highest BCUT2D eigenvalue weighted by molar-refractivity contribution is 7.89. The minimum atomic E-state index is -4.41. The van der Waals surface area contributed by atoms with Gasteiger partial charge in [-0.05, 0) is 44.4 Å². The van der Waals surface area contributed by atoms with Gasteiger partial charge in [0.25, 0.3) is 5.91 Å². The maximum absolute atomic E-state index is 13.2. The van der Waals surface area contributed by atoms with Crippen molar-refractivity contribution < 1.29 is 26.4 Å². The molecule has 0 bridgehead atoms. The van der Waals surface area contributed by atoms with Crippen LogP contribution in [0.2, 0.25) is 0 Å². The molecule has 1 aliphatic rings. The van der Waals surface area contributed by atoms with Crippen LogP contribution in [0.4, 0.5) is 13.2 Å². The average molecular weight is 473 g/mol. The smallest absolute Gasteiger partial charge is 0.334 e. The molecule has 1 amide bonds. The van der Waals surface area contributed by atoms with E-state index >= 15 is 0 Å². The second kappa shape index (κ2) is 9.22. The Balaban J connectivity index is 1.84. The Hall–Kier alpha value is -2.40. The van der Waals surface area contributed by atoms with Crippen LogP contribution in [0.15, 0.2) is 35.5 Å². The van der Waals surface area contributed by atoms with Crippen molar-refractivity contribution in [1.29, 1.82) is 0 Å². The van der Waals surface area contributed by atoms with Gasteiger partial charge in [0.1, 0.15) is 12.4 Å². The number of halogens is 3. The molecule has 0 radical (unpaired) electrons. The van der Waals surface area contributed by atoms with E-state index in [-0.39, 0.29) is 28.9 Å². The van der Waals surface area contributed by atoms with Crippen molar-refractivity contribution in [2.24, 2.45) is 0 Å². The number of aromatic nitrogens is 2. The Morgan fingerprint density at radius 3 is 2.66 bits per heavy atom. The summed E-state index contributed by atoms with van der Waals surface area (Å²) in [4.78, 5) is 18.3. The summed E-state index contributed by atoms with van der Waals surface area (Å²) in [6.07, 6.45) is 0.582. The molecule has 7 nitrogen and oxygen atoms in total. The van der Waals surface area contributed by atoms with Gasteiger partial charge in [-0.1, -0.05) is 12.5 Å². The molecular formula is C21H27F3N4O3S. The SMILES string of the molecule is Cc1ccc(S(=O)(=O)N2CCCCC2C)cc1C(=O)N(C)Cc1nccn1CC(F)(F)F. The minimum Gasteiger partial charge on any atom is -0.334 e. The summed E-state index contributed by atoms with van der Waals surface area (Å²) in [5.74, 6) is -0.408. The van der Waals surface area contributed by atoms with E-state index in [2.05, 4.69) is 4.98 Å². The van der Waals surface area contributed by atoms with Crippen LogP contribution in [0, 0.1) is 6.92 Å². The highest BCUT2D eigenvalue weighted by Gasteiger charge is 2.32. The predicted molar refractivity (Wildman–Crippen MR) is 112 cm³/mol. The molecule has 1 saturated heterocycles. The molecule has 0 spiro atoms. The standard InChI is InChI=1S/C21H27F3N4O3S/c1-15-7-8-17(32(30,31)28-10-5-4-6-16(28)2)12-18(15)20(29)26(3)13-19-25-9-11-27(19)14-21(22,23)24/h7-9,11-12,16H,4-6,10,13-14H2,1-3H3. The number of benzene rings is 1. The molecule has 1 aromatic heterocycles. The van der Waals surface area contributed by atoms with Crippen molar-refractivity contribution in [3.05, 3.63) is 47.5 Å². The fourth-order valence-corrected chi connectivity index (χ4v) is 5.60. The van der Waals surface area contributed by atoms with Gasteiger partial charge >= 0.3 is 6.18 Å². The first-order chi connectivity index (χ1) is 14.9. The monoisotopic (exact) mass is 472 g/mol. The van der Waals surface area contributed by atoms with Crippen molar-refractivity contribution in [3.63, 3.8) is 0 Å². The van der Waals surface area contributed by atoms with Gasteiger partial charge < -0.3 is 9.47 Å². The highest BCUT2D eigenvalue weighted by atomic mass is 32.2. The molecule has 2 heterocycles. The summed E-state index contributed by atoms with van der Waals surface area (Å²) >= 11 is 0. The predicted octanol–water partition coefficient (Wildman–Crippen LogP) is 3.59. The van der Waals surface area contributed by atoms with E-state index < -0.39 is 28.7 Å². The third-order valence-corrected chi connectivity index (χ3v) is 7.67. The lowest BCUT2D eigenvalue weighted by atomic mass is 10.1. The molecule has 32 heavy (non-hydrogen) atoms. The molecule has 1 atom stereocenters. The lowest BCUT2D eigenvalue weighted by Crippen LogP contribution is -2.42. The summed E-state index contributed by atoms with van der Waals surface area (Å²) in [7, 11) is -2.32. The maximum atomic E-state index is 13.2. The Bertz CT molecular complexity index is 1080. The molecular weight excluding hydrogens is 445 g/mol. The van der Waals surface area contributed by atoms with Gasteiger partial charge in [-0.2, -0.15) is 17.5 Å². The Kier molecular flexibility index (Phi) is 6.99. The zero-order valence-corrected chi connectivity index (χ0v) is 19.1. The molecule has 0 saturated carbocycles. The molecule has 1 aromatic carbocycles. The number of imidazole rings is 1. The summed E-state index contributed by atoms with van der Waals surface area (Å²) in [6, 6.07) is 4.29. The lowest BCUT2D eigenvalue weighted by Gasteiger charge is -2.32. The van der Waals surface area contributed by atoms with Crippen LogP contribution >= 0.6 is 0 Å². The van der Waals surface area contributed by atoms with Crippen molar-refractivity contribution >= 4 is 15.9 Å². The van der Waals surface area contributed by atoms with E-state index in [9.17, 15) is 26.4 Å². The van der Waals surface area contributed by atoms with Crippen LogP contribution in [0.3, 0.4) is 0 Å². The summed E-state index contributed by atoms with van der Waals surface area (Å²) in [5, 5.41) is 0. The van der Waals surface area contributed by atoms with Crippen LogP contribution in [-0.4, -0.2) is 58.9 Å². The van der Waals surface area contributed by atoms with Crippen molar-refractivity contribution in [2.45, 2.75) is 63.3 Å². The maximum Gasteiger partial charge on any atom is 0.406 e. The topological polar surface area (TPSA) is 75.5 Å². The van der Waals surface area contributed by atoms with Gasteiger partial charge in [0.2, 0.25) is 10.0 Å². The fourth-order valence-electron chi connectivity index (χ4n) is 3.87.